The van der Waals surface area contributed by atoms with E-state index in [2.05, 4.69) is 26.2 Å². The van der Waals surface area contributed by atoms with E-state index in [1.165, 1.54) is 11.3 Å². The second kappa shape index (κ2) is 7.94. The van der Waals surface area contributed by atoms with Crippen LogP contribution in [0.3, 0.4) is 0 Å². The van der Waals surface area contributed by atoms with E-state index >= 15 is 0 Å². The summed E-state index contributed by atoms with van der Waals surface area (Å²) in [6, 6.07) is 16.2. The Balaban J connectivity index is 1.85. The molecular formula is C21H13BrClN3O2S. The number of nitrogens with one attached hydrogen (secondary N) is 1. The molecule has 0 fully saturated rings. The molecule has 3 N–H and O–H groups in total. The van der Waals surface area contributed by atoms with Crippen molar-refractivity contribution < 1.29 is 9.59 Å². The minimum Gasteiger partial charge on any atom is -0.366 e. The van der Waals surface area contributed by atoms with Gasteiger partial charge in [-0.3, -0.25) is 9.59 Å². The molecule has 0 saturated carbocycles. The van der Waals surface area contributed by atoms with Gasteiger partial charge in [-0.15, -0.1) is 11.3 Å². The van der Waals surface area contributed by atoms with Crippen molar-refractivity contribution in [1.82, 2.24) is 4.98 Å². The fourth-order valence-corrected chi connectivity index (χ4v) is 4.31. The van der Waals surface area contributed by atoms with Crippen molar-refractivity contribution in [3.05, 3.63) is 80.6 Å². The predicted molar refractivity (Wildman–Crippen MR) is 121 cm³/mol. The molecule has 0 spiro atoms. The number of anilines is 1. The van der Waals surface area contributed by atoms with Gasteiger partial charge < -0.3 is 11.1 Å². The minimum absolute atomic E-state index is 0.270. The summed E-state index contributed by atoms with van der Waals surface area (Å²) in [7, 11) is 0. The lowest BCUT2D eigenvalue weighted by Gasteiger charge is -2.11. The van der Waals surface area contributed by atoms with Crippen molar-refractivity contribution in [2.45, 2.75) is 0 Å². The van der Waals surface area contributed by atoms with Gasteiger partial charge in [0, 0.05) is 20.4 Å². The molecule has 0 bridgehead atoms. The third-order valence-corrected chi connectivity index (χ3v) is 5.85. The maximum atomic E-state index is 13.1. The first-order valence-electron chi connectivity index (χ1n) is 8.47. The van der Waals surface area contributed by atoms with Gasteiger partial charge in [0.15, 0.2) is 0 Å². The number of carbonyl (C=O) groups excluding carboxylic acids is 2. The lowest BCUT2D eigenvalue weighted by molar-refractivity contribution is 0.100. The zero-order chi connectivity index (χ0) is 20.5. The van der Waals surface area contributed by atoms with Crippen LogP contribution in [0.1, 0.15) is 20.7 Å². The monoisotopic (exact) mass is 485 g/mol. The number of carbonyl (C=O) groups is 2. The molecule has 0 saturated heterocycles. The largest absolute Gasteiger partial charge is 0.366 e. The average molecular weight is 487 g/mol. The molecule has 2 amide bonds. The minimum atomic E-state index is -0.598. The number of hydrogen-bond donors (Lipinski definition) is 2. The van der Waals surface area contributed by atoms with Gasteiger partial charge in [-0.25, -0.2) is 4.98 Å². The van der Waals surface area contributed by atoms with E-state index in [0.29, 0.717) is 32.2 Å². The lowest BCUT2D eigenvalue weighted by atomic mass is 10.0. The number of primary amides is 1. The number of thiophene rings is 1. The van der Waals surface area contributed by atoms with Crippen LogP contribution in [0.15, 0.2) is 64.5 Å². The highest BCUT2D eigenvalue weighted by Gasteiger charge is 2.18. The molecule has 2 aromatic carbocycles. The zero-order valence-corrected chi connectivity index (χ0v) is 17.9. The lowest BCUT2D eigenvalue weighted by Crippen LogP contribution is -2.17. The van der Waals surface area contributed by atoms with E-state index < -0.39 is 5.91 Å². The van der Waals surface area contributed by atoms with Crippen LogP contribution in [-0.2, 0) is 0 Å². The second-order valence-electron chi connectivity index (χ2n) is 6.21. The molecule has 4 aromatic rings. The summed E-state index contributed by atoms with van der Waals surface area (Å²) in [4.78, 5) is 29.4. The summed E-state index contributed by atoms with van der Waals surface area (Å²) in [6.45, 7) is 0. The van der Waals surface area contributed by atoms with Crippen molar-refractivity contribution in [2.75, 3.05) is 5.32 Å². The van der Waals surface area contributed by atoms with Crippen LogP contribution in [-0.4, -0.2) is 16.8 Å². The average Bonchev–Trinajstić information content (AvgIpc) is 3.15. The first-order valence-corrected chi connectivity index (χ1v) is 10.5. The molecular weight excluding hydrogens is 474 g/mol. The Hall–Kier alpha value is -2.74. The molecule has 0 radical (unpaired) electrons. The summed E-state index contributed by atoms with van der Waals surface area (Å²) in [6.07, 6.45) is 0. The topological polar surface area (TPSA) is 85.1 Å². The number of fused-ring (bicyclic) bond motifs is 1. The first-order chi connectivity index (χ1) is 13.9. The molecule has 0 aliphatic rings. The Morgan fingerprint density at radius 3 is 2.66 bits per heavy atom. The molecule has 0 atom stereocenters. The maximum Gasteiger partial charge on any atom is 0.257 e. The number of halogens is 2. The van der Waals surface area contributed by atoms with Crippen LogP contribution in [0, 0.1) is 0 Å². The van der Waals surface area contributed by atoms with Gasteiger partial charge in [0.1, 0.15) is 5.00 Å². The van der Waals surface area contributed by atoms with Gasteiger partial charge in [0.2, 0.25) is 0 Å². The smallest absolute Gasteiger partial charge is 0.257 e. The number of aromatic nitrogens is 1. The highest BCUT2D eigenvalue weighted by atomic mass is 79.9. The Morgan fingerprint density at radius 2 is 1.90 bits per heavy atom. The third kappa shape index (κ3) is 4.03. The van der Waals surface area contributed by atoms with Crippen LogP contribution in [0.5, 0.6) is 0 Å². The van der Waals surface area contributed by atoms with Crippen molar-refractivity contribution in [3.8, 4) is 11.3 Å². The summed E-state index contributed by atoms with van der Waals surface area (Å²) in [5.74, 6) is -0.972. The van der Waals surface area contributed by atoms with Crippen LogP contribution in [0.25, 0.3) is 22.2 Å². The molecule has 4 rings (SSSR count). The van der Waals surface area contributed by atoms with E-state index in [9.17, 15) is 9.59 Å². The molecule has 144 valence electrons. The van der Waals surface area contributed by atoms with Crippen molar-refractivity contribution in [2.24, 2.45) is 5.73 Å². The number of amides is 2. The summed E-state index contributed by atoms with van der Waals surface area (Å²) in [5, 5.41) is 6.00. The molecule has 0 unspecified atom stereocenters. The summed E-state index contributed by atoms with van der Waals surface area (Å²) in [5.41, 5.74) is 8.20. The quantitative estimate of drug-likeness (QED) is 0.386. The Bertz CT molecular complexity index is 1270. The molecule has 2 heterocycles. The van der Waals surface area contributed by atoms with E-state index in [-0.39, 0.29) is 11.5 Å². The number of hydrogen-bond acceptors (Lipinski definition) is 4. The second-order valence-corrected chi connectivity index (χ2v) is 8.48. The maximum absolute atomic E-state index is 13.1. The van der Waals surface area contributed by atoms with Gasteiger partial charge in [-0.05, 0) is 47.8 Å². The van der Waals surface area contributed by atoms with Crippen molar-refractivity contribution >= 4 is 66.6 Å². The summed E-state index contributed by atoms with van der Waals surface area (Å²) >= 11 is 10.8. The molecule has 0 aliphatic carbocycles. The van der Waals surface area contributed by atoms with Gasteiger partial charge in [0.05, 0.1) is 22.3 Å². The zero-order valence-electron chi connectivity index (χ0n) is 14.8. The molecule has 8 heteroatoms. The van der Waals surface area contributed by atoms with Gasteiger partial charge in [-0.2, -0.15) is 0 Å². The highest BCUT2D eigenvalue weighted by Crippen LogP contribution is 2.30. The predicted octanol–water partition coefficient (Wildman–Crippen LogP) is 5.73. The Kier molecular flexibility index (Phi) is 5.36. The molecule has 29 heavy (non-hydrogen) atoms. The van der Waals surface area contributed by atoms with Crippen LogP contribution < -0.4 is 11.1 Å². The number of pyridine rings is 1. The van der Waals surface area contributed by atoms with Gasteiger partial charge in [0.25, 0.3) is 11.8 Å². The third-order valence-electron chi connectivity index (χ3n) is 4.29. The standard InChI is InChI=1S/C21H13BrClN3O2S/c22-12-3-1-2-11(8-12)18-10-16(15-9-13(23)4-5-17(15)25-18)20(28)26-21-14(19(24)27)6-7-29-21/h1-10H,(H2,24,27)(H,26,28). The van der Waals surface area contributed by atoms with E-state index in [0.717, 1.165) is 10.0 Å². The Morgan fingerprint density at radius 1 is 1.07 bits per heavy atom. The first kappa shape index (κ1) is 19.6. The normalized spacial score (nSPS) is 10.8. The summed E-state index contributed by atoms with van der Waals surface area (Å²) < 4.78 is 0.906. The number of benzene rings is 2. The van der Waals surface area contributed by atoms with Crippen LogP contribution in [0.4, 0.5) is 5.00 Å². The number of nitrogens with two attached hydrogens (primary N) is 1. The number of rotatable bonds is 4. The van der Waals surface area contributed by atoms with Crippen molar-refractivity contribution in [3.63, 3.8) is 0 Å². The van der Waals surface area contributed by atoms with Gasteiger partial charge >= 0.3 is 0 Å². The SMILES string of the molecule is NC(=O)c1ccsc1NC(=O)c1cc(-c2cccc(Br)c2)nc2ccc(Cl)cc12. The fraction of sp³-hybridized carbons (Fsp3) is 0. The fourth-order valence-electron chi connectivity index (χ4n) is 2.95. The van der Waals surface area contributed by atoms with Crippen LogP contribution >= 0.6 is 38.9 Å². The highest BCUT2D eigenvalue weighted by molar-refractivity contribution is 9.10. The van der Waals surface area contributed by atoms with E-state index in [4.69, 9.17) is 17.3 Å². The van der Waals surface area contributed by atoms with E-state index in [1.54, 1.807) is 35.7 Å². The number of nitrogens with zero attached hydrogens (tertiary/aromatic N) is 1. The van der Waals surface area contributed by atoms with E-state index in [1.807, 2.05) is 24.3 Å². The molecule has 2 aromatic heterocycles. The molecule has 5 nitrogen and oxygen atoms in total. The van der Waals surface area contributed by atoms with Crippen LogP contribution in [0.2, 0.25) is 5.02 Å². The van der Waals surface area contributed by atoms with Crippen molar-refractivity contribution in [1.29, 1.82) is 0 Å². The van der Waals surface area contributed by atoms with Gasteiger partial charge in [-0.1, -0.05) is 39.7 Å². The molecule has 0 aliphatic heterocycles. The Labute approximate surface area is 183 Å².